The third-order valence-electron chi connectivity index (χ3n) is 3.14. The van der Waals surface area contributed by atoms with Crippen molar-refractivity contribution in [2.75, 3.05) is 5.73 Å². The Balaban J connectivity index is 1.87. The first-order valence-electron chi connectivity index (χ1n) is 6.32. The lowest BCUT2D eigenvalue weighted by molar-refractivity contribution is 0.572. The summed E-state index contributed by atoms with van der Waals surface area (Å²) in [7, 11) is 0. The lowest BCUT2D eigenvalue weighted by Crippen LogP contribution is -1.84. The molecule has 0 atom stereocenters. The topological polar surface area (TPSA) is 77.8 Å². The number of oxazole rings is 1. The van der Waals surface area contributed by atoms with E-state index in [0.717, 1.165) is 21.5 Å². The maximum Gasteiger partial charge on any atom is 0.182 e. The van der Waals surface area contributed by atoms with Crippen LogP contribution in [0.5, 0.6) is 0 Å². The molecule has 0 aliphatic rings. The highest BCUT2D eigenvalue weighted by atomic mass is 32.1. The average molecular weight is 294 g/mol. The minimum Gasteiger partial charge on any atom is -0.443 e. The minimum absolute atomic E-state index is 0.510. The van der Waals surface area contributed by atoms with Gasteiger partial charge in [-0.25, -0.2) is 15.0 Å². The van der Waals surface area contributed by atoms with Gasteiger partial charge < -0.3 is 10.2 Å². The first-order chi connectivity index (χ1) is 10.3. The van der Waals surface area contributed by atoms with Crippen molar-refractivity contribution in [2.24, 2.45) is 0 Å². The summed E-state index contributed by atoms with van der Waals surface area (Å²) < 4.78 is 6.49. The van der Waals surface area contributed by atoms with Gasteiger partial charge in [0.2, 0.25) is 0 Å². The molecule has 4 aromatic rings. The number of nitrogen functional groups attached to an aromatic ring is 1. The molecule has 0 aliphatic carbocycles. The molecule has 0 unspecified atom stereocenters. The standard InChI is InChI=1S/C15H10N4OS/c16-15-19-14-11(21-15)6-10(7-17-14)13-12(18-8-20-13)9-4-2-1-3-5-9/h1-8H,(H2,16,17,19). The number of nitrogens with zero attached hydrogens (tertiary/aromatic N) is 3. The van der Waals surface area contributed by atoms with Crippen LogP contribution in [0.25, 0.3) is 32.9 Å². The molecular formula is C15H10N4OS. The van der Waals surface area contributed by atoms with Crippen LogP contribution in [-0.2, 0) is 0 Å². The van der Waals surface area contributed by atoms with Gasteiger partial charge in [-0.3, -0.25) is 0 Å². The smallest absolute Gasteiger partial charge is 0.182 e. The molecule has 3 aromatic heterocycles. The van der Waals surface area contributed by atoms with E-state index in [-0.39, 0.29) is 0 Å². The van der Waals surface area contributed by atoms with Gasteiger partial charge in [0, 0.05) is 17.3 Å². The third kappa shape index (κ3) is 2.05. The van der Waals surface area contributed by atoms with Gasteiger partial charge >= 0.3 is 0 Å². The van der Waals surface area contributed by atoms with Gasteiger partial charge in [0.05, 0.1) is 4.70 Å². The summed E-state index contributed by atoms with van der Waals surface area (Å²) in [6.45, 7) is 0. The van der Waals surface area contributed by atoms with Gasteiger partial charge in [-0.05, 0) is 6.07 Å². The lowest BCUT2D eigenvalue weighted by Gasteiger charge is -2.01. The maximum absolute atomic E-state index is 5.71. The SMILES string of the molecule is Nc1nc2ncc(-c3ocnc3-c3ccccc3)cc2s1. The van der Waals surface area contributed by atoms with E-state index in [0.29, 0.717) is 16.5 Å². The fourth-order valence-corrected chi connectivity index (χ4v) is 2.95. The predicted octanol–water partition coefficient (Wildman–Crippen LogP) is 3.60. The second-order valence-corrected chi connectivity index (χ2v) is 5.56. The van der Waals surface area contributed by atoms with Gasteiger partial charge in [0.1, 0.15) is 5.69 Å². The molecule has 0 bridgehead atoms. The number of hydrogen-bond donors (Lipinski definition) is 1. The van der Waals surface area contributed by atoms with E-state index in [4.69, 9.17) is 10.2 Å². The van der Waals surface area contributed by atoms with Gasteiger partial charge in [0.25, 0.3) is 0 Å². The zero-order valence-corrected chi connectivity index (χ0v) is 11.7. The second kappa shape index (κ2) is 4.68. The number of nitrogens with two attached hydrogens (primary N) is 1. The number of hydrogen-bond acceptors (Lipinski definition) is 6. The number of fused-ring (bicyclic) bond motifs is 1. The summed E-state index contributed by atoms with van der Waals surface area (Å²) in [5, 5.41) is 0.510. The second-order valence-electron chi connectivity index (χ2n) is 4.49. The molecule has 2 N–H and O–H groups in total. The van der Waals surface area contributed by atoms with Crippen molar-refractivity contribution in [1.82, 2.24) is 15.0 Å². The van der Waals surface area contributed by atoms with E-state index in [9.17, 15) is 0 Å². The van der Waals surface area contributed by atoms with Gasteiger partial charge in [-0.2, -0.15) is 0 Å². The van der Waals surface area contributed by atoms with Crippen LogP contribution < -0.4 is 5.73 Å². The summed E-state index contributed by atoms with van der Waals surface area (Å²) in [4.78, 5) is 12.8. The highest BCUT2D eigenvalue weighted by Crippen LogP contribution is 2.33. The highest BCUT2D eigenvalue weighted by Gasteiger charge is 2.14. The Morgan fingerprint density at radius 2 is 1.90 bits per heavy atom. The van der Waals surface area contributed by atoms with Crippen molar-refractivity contribution in [2.45, 2.75) is 0 Å². The molecule has 21 heavy (non-hydrogen) atoms. The monoisotopic (exact) mass is 294 g/mol. The number of benzene rings is 1. The van der Waals surface area contributed by atoms with Crippen molar-refractivity contribution in [1.29, 1.82) is 0 Å². The first-order valence-corrected chi connectivity index (χ1v) is 7.14. The van der Waals surface area contributed by atoms with Crippen molar-refractivity contribution in [3.8, 4) is 22.6 Å². The van der Waals surface area contributed by atoms with Crippen LogP contribution in [0.3, 0.4) is 0 Å². The normalized spacial score (nSPS) is 11.0. The molecule has 0 saturated heterocycles. The maximum atomic E-state index is 5.71. The fourth-order valence-electron chi connectivity index (χ4n) is 2.21. The quantitative estimate of drug-likeness (QED) is 0.611. The number of rotatable bonds is 2. The van der Waals surface area contributed by atoms with Crippen LogP contribution in [0.15, 0.2) is 53.4 Å². The van der Waals surface area contributed by atoms with Crippen LogP contribution >= 0.6 is 11.3 Å². The van der Waals surface area contributed by atoms with Crippen molar-refractivity contribution >= 4 is 26.8 Å². The summed E-state index contributed by atoms with van der Waals surface area (Å²) in [5.41, 5.74) is 9.03. The van der Waals surface area contributed by atoms with E-state index in [1.54, 1.807) is 6.20 Å². The molecule has 6 heteroatoms. The molecule has 0 spiro atoms. The van der Waals surface area contributed by atoms with Crippen LogP contribution in [0, 0.1) is 0 Å². The van der Waals surface area contributed by atoms with Gasteiger partial charge in [-0.15, -0.1) is 0 Å². The molecular weight excluding hydrogens is 284 g/mol. The Hall–Kier alpha value is -2.73. The van der Waals surface area contributed by atoms with E-state index in [1.807, 2.05) is 36.4 Å². The minimum atomic E-state index is 0.510. The Morgan fingerprint density at radius 1 is 1.05 bits per heavy atom. The predicted molar refractivity (Wildman–Crippen MR) is 82.8 cm³/mol. The molecule has 0 radical (unpaired) electrons. The first kappa shape index (κ1) is 12.0. The van der Waals surface area contributed by atoms with Crippen molar-refractivity contribution in [3.63, 3.8) is 0 Å². The number of anilines is 1. The molecule has 4 rings (SSSR count). The van der Waals surface area contributed by atoms with E-state index >= 15 is 0 Å². The summed E-state index contributed by atoms with van der Waals surface area (Å²) in [6, 6.07) is 11.9. The molecule has 0 amide bonds. The molecule has 5 nitrogen and oxygen atoms in total. The van der Waals surface area contributed by atoms with Crippen molar-refractivity contribution in [3.05, 3.63) is 49.0 Å². The summed E-state index contributed by atoms with van der Waals surface area (Å²) in [6.07, 6.45) is 3.18. The Bertz CT molecular complexity index is 914. The third-order valence-corrected chi connectivity index (χ3v) is 3.96. The Morgan fingerprint density at radius 3 is 2.76 bits per heavy atom. The van der Waals surface area contributed by atoms with Gasteiger partial charge in [0.15, 0.2) is 22.9 Å². The molecule has 1 aromatic carbocycles. The van der Waals surface area contributed by atoms with E-state index < -0.39 is 0 Å². The van der Waals surface area contributed by atoms with Crippen LogP contribution in [0.2, 0.25) is 0 Å². The Labute approximate surface area is 124 Å². The average Bonchev–Trinajstić information content (AvgIpc) is 3.12. The van der Waals surface area contributed by atoms with E-state index in [2.05, 4.69) is 15.0 Å². The molecule has 102 valence electrons. The van der Waals surface area contributed by atoms with Gasteiger partial charge in [-0.1, -0.05) is 41.7 Å². The molecule has 0 aliphatic heterocycles. The molecule has 3 heterocycles. The largest absolute Gasteiger partial charge is 0.443 e. The van der Waals surface area contributed by atoms with Crippen LogP contribution in [0.1, 0.15) is 0 Å². The molecule has 0 saturated carbocycles. The van der Waals surface area contributed by atoms with Crippen molar-refractivity contribution < 1.29 is 4.42 Å². The van der Waals surface area contributed by atoms with Crippen LogP contribution in [0.4, 0.5) is 5.13 Å². The number of aromatic nitrogens is 3. The highest BCUT2D eigenvalue weighted by molar-refractivity contribution is 7.22. The zero-order valence-electron chi connectivity index (χ0n) is 10.9. The van der Waals surface area contributed by atoms with E-state index in [1.165, 1.54) is 17.7 Å². The van der Waals surface area contributed by atoms with Crippen LogP contribution in [-0.4, -0.2) is 15.0 Å². The molecule has 0 fully saturated rings. The zero-order chi connectivity index (χ0) is 14.2. The summed E-state index contributed by atoms with van der Waals surface area (Å²) in [5.74, 6) is 0.697. The Kier molecular flexibility index (Phi) is 2.68. The number of thiazole rings is 1. The summed E-state index contributed by atoms with van der Waals surface area (Å²) >= 11 is 1.41. The lowest BCUT2D eigenvalue weighted by atomic mass is 10.1. The number of pyridine rings is 1. The fraction of sp³-hybridized carbons (Fsp3) is 0.